The van der Waals surface area contributed by atoms with Crippen molar-refractivity contribution in [1.29, 1.82) is 0 Å². The molecule has 1 heterocycles. The summed E-state index contributed by atoms with van der Waals surface area (Å²) in [6, 6.07) is 5.43. The van der Waals surface area contributed by atoms with E-state index in [-0.39, 0.29) is 0 Å². The van der Waals surface area contributed by atoms with Gasteiger partial charge in [-0.05, 0) is 30.2 Å². The van der Waals surface area contributed by atoms with Crippen LogP contribution in [0, 0.1) is 0 Å². The number of aromatic nitrogens is 1. The van der Waals surface area contributed by atoms with Crippen LogP contribution >= 0.6 is 0 Å². The first kappa shape index (κ1) is 8.13. The minimum Gasteiger partial charge on any atom is -0.361 e. The molecule has 1 aromatic carbocycles. The number of nitrogens with one attached hydrogen (secondary N) is 1. The van der Waals surface area contributed by atoms with Gasteiger partial charge in [0, 0.05) is 17.1 Å². The molecule has 0 aliphatic rings. The Bertz CT molecular complexity index is 420. The Morgan fingerprint density at radius 2 is 2.31 bits per heavy atom. The van der Waals surface area contributed by atoms with Crippen LogP contribution in [0.5, 0.6) is 5.75 Å². The fourth-order valence-corrected chi connectivity index (χ4v) is 1.51. The second kappa shape index (κ2) is 3.11. The van der Waals surface area contributed by atoms with Crippen LogP contribution in [0.4, 0.5) is 0 Å². The molecule has 2 aromatic rings. The van der Waals surface area contributed by atoms with E-state index in [1.54, 1.807) is 6.07 Å². The molecule has 0 radical (unpaired) electrons. The van der Waals surface area contributed by atoms with E-state index in [4.69, 9.17) is 5.26 Å². The fourth-order valence-electron chi connectivity index (χ4n) is 1.51. The second-order valence-electron chi connectivity index (χ2n) is 2.97. The number of hydrogen-bond acceptors (Lipinski definition) is 2. The molecule has 3 nitrogen and oxygen atoms in total. The molecular formula is C10H11NO2. The maximum Gasteiger partial charge on any atom is 0.165 e. The molecule has 68 valence electrons. The SMILES string of the molecule is CCc1c[nH]c2ccc(OO)cc12. The third-order valence-corrected chi connectivity index (χ3v) is 2.23. The van der Waals surface area contributed by atoms with Crippen molar-refractivity contribution in [3.63, 3.8) is 0 Å². The van der Waals surface area contributed by atoms with E-state index < -0.39 is 0 Å². The topological polar surface area (TPSA) is 45.2 Å². The van der Waals surface area contributed by atoms with Gasteiger partial charge in [-0.3, -0.25) is 0 Å². The summed E-state index contributed by atoms with van der Waals surface area (Å²) >= 11 is 0. The molecule has 0 saturated carbocycles. The highest BCUT2D eigenvalue weighted by Gasteiger charge is 2.02. The van der Waals surface area contributed by atoms with Crippen molar-refractivity contribution in [3.05, 3.63) is 30.0 Å². The zero-order valence-electron chi connectivity index (χ0n) is 7.37. The molecule has 2 N–H and O–H groups in total. The number of aromatic amines is 1. The van der Waals surface area contributed by atoms with Gasteiger partial charge in [0.15, 0.2) is 5.75 Å². The maximum absolute atomic E-state index is 8.49. The predicted octanol–water partition coefficient (Wildman–Crippen LogP) is 2.58. The Kier molecular flexibility index (Phi) is 1.94. The maximum atomic E-state index is 8.49. The van der Waals surface area contributed by atoms with Crippen molar-refractivity contribution in [3.8, 4) is 5.75 Å². The van der Waals surface area contributed by atoms with E-state index in [1.165, 1.54) is 5.56 Å². The molecule has 0 aliphatic heterocycles. The number of fused-ring (bicyclic) bond motifs is 1. The summed E-state index contributed by atoms with van der Waals surface area (Å²) in [6.07, 6.45) is 2.95. The monoisotopic (exact) mass is 177 g/mol. The second-order valence-corrected chi connectivity index (χ2v) is 2.97. The zero-order chi connectivity index (χ0) is 9.26. The van der Waals surface area contributed by atoms with Crippen molar-refractivity contribution in [2.75, 3.05) is 0 Å². The highest BCUT2D eigenvalue weighted by molar-refractivity contribution is 5.84. The van der Waals surface area contributed by atoms with Crippen molar-refractivity contribution in [2.24, 2.45) is 0 Å². The molecule has 13 heavy (non-hydrogen) atoms. The van der Waals surface area contributed by atoms with Crippen LogP contribution in [0.1, 0.15) is 12.5 Å². The van der Waals surface area contributed by atoms with Crippen LogP contribution in [0.15, 0.2) is 24.4 Å². The van der Waals surface area contributed by atoms with Gasteiger partial charge >= 0.3 is 0 Å². The summed E-state index contributed by atoms with van der Waals surface area (Å²) in [6.45, 7) is 2.09. The smallest absolute Gasteiger partial charge is 0.165 e. The van der Waals surface area contributed by atoms with Gasteiger partial charge in [-0.15, -0.1) is 0 Å². The number of hydrogen-bond donors (Lipinski definition) is 2. The van der Waals surface area contributed by atoms with E-state index >= 15 is 0 Å². The average Bonchev–Trinajstić information content (AvgIpc) is 2.59. The van der Waals surface area contributed by atoms with Crippen LogP contribution in [0.25, 0.3) is 10.9 Å². The molecule has 0 amide bonds. The Morgan fingerprint density at radius 1 is 1.46 bits per heavy atom. The van der Waals surface area contributed by atoms with Gasteiger partial charge in [0.25, 0.3) is 0 Å². The largest absolute Gasteiger partial charge is 0.361 e. The molecule has 3 heteroatoms. The van der Waals surface area contributed by atoms with Crippen LogP contribution in [-0.4, -0.2) is 10.2 Å². The van der Waals surface area contributed by atoms with E-state index in [0.717, 1.165) is 17.3 Å². The van der Waals surface area contributed by atoms with Gasteiger partial charge in [-0.25, -0.2) is 5.26 Å². The summed E-state index contributed by atoms with van der Waals surface area (Å²) < 4.78 is 0. The number of aryl methyl sites for hydroxylation is 1. The first-order valence-corrected chi connectivity index (χ1v) is 4.26. The molecular weight excluding hydrogens is 166 g/mol. The summed E-state index contributed by atoms with van der Waals surface area (Å²) in [5, 5.41) is 9.59. The van der Waals surface area contributed by atoms with Gasteiger partial charge in [-0.2, -0.15) is 0 Å². The lowest BCUT2D eigenvalue weighted by Gasteiger charge is -1.97. The molecule has 0 aliphatic carbocycles. The lowest BCUT2D eigenvalue weighted by molar-refractivity contribution is -0.137. The van der Waals surface area contributed by atoms with Crippen LogP contribution in [0.2, 0.25) is 0 Å². The molecule has 0 fully saturated rings. The van der Waals surface area contributed by atoms with Gasteiger partial charge < -0.3 is 9.87 Å². The highest BCUT2D eigenvalue weighted by Crippen LogP contribution is 2.23. The van der Waals surface area contributed by atoms with E-state index in [1.807, 2.05) is 18.3 Å². The molecule has 0 saturated heterocycles. The standard InChI is InChI=1S/C10H11NO2/c1-2-7-6-11-10-4-3-8(13-12)5-9(7)10/h3-6,11-12H,2H2,1H3. The summed E-state index contributed by atoms with van der Waals surface area (Å²) in [4.78, 5) is 7.33. The van der Waals surface area contributed by atoms with Crippen molar-refractivity contribution in [2.45, 2.75) is 13.3 Å². The molecule has 0 bridgehead atoms. The Labute approximate surface area is 75.9 Å². The van der Waals surface area contributed by atoms with Crippen molar-refractivity contribution in [1.82, 2.24) is 4.98 Å². The minimum absolute atomic E-state index is 0.474. The predicted molar refractivity (Wildman–Crippen MR) is 50.9 cm³/mol. The molecule has 0 spiro atoms. The third-order valence-electron chi connectivity index (χ3n) is 2.23. The van der Waals surface area contributed by atoms with Gasteiger partial charge in [0.2, 0.25) is 0 Å². The Morgan fingerprint density at radius 3 is 3.00 bits per heavy atom. The number of rotatable bonds is 2. The lowest BCUT2D eigenvalue weighted by Crippen LogP contribution is -1.83. The van der Waals surface area contributed by atoms with Gasteiger partial charge in [0.1, 0.15) is 0 Å². The van der Waals surface area contributed by atoms with Crippen LogP contribution in [-0.2, 0) is 6.42 Å². The van der Waals surface area contributed by atoms with Crippen LogP contribution < -0.4 is 4.89 Å². The Hall–Kier alpha value is -1.48. The fraction of sp³-hybridized carbons (Fsp3) is 0.200. The summed E-state index contributed by atoms with van der Waals surface area (Å²) in [5.74, 6) is 0.474. The van der Waals surface area contributed by atoms with Crippen molar-refractivity contribution < 1.29 is 10.1 Å². The highest BCUT2D eigenvalue weighted by atomic mass is 17.1. The van der Waals surface area contributed by atoms with Crippen molar-refractivity contribution >= 4 is 10.9 Å². The van der Waals surface area contributed by atoms with Gasteiger partial charge in [-0.1, -0.05) is 6.92 Å². The Balaban J connectivity index is 2.64. The third kappa shape index (κ3) is 1.27. The lowest BCUT2D eigenvalue weighted by atomic mass is 10.1. The number of H-pyrrole nitrogens is 1. The first-order chi connectivity index (χ1) is 6.35. The molecule has 0 atom stereocenters. The molecule has 2 rings (SSSR count). The van der Waals surface area contributed by atoms with E-state index in [2.05, 4.69) is 16.8 Å². The molecule has 0 unspecified atom stereocenters. The zero-order valence-corrected chi connectivity index (χ0v) is 7.37. The van der Waals surface area contributed by atoms with E-state index in [9.17, 15) is 0 Å². The van der Waals surface area contributed by atoms with Crippen LogP contribution in [0.3, 0.4) is 0 Å². The minimum atomic E-state index is 0.474. The average molecular weight is 177 g/mol. The molecule has 1 aromatic heterocycles. The van der Waals surface area contributed by atoms with E-state index in [0.29, 0.717) is 5.75 Å². The number of benzene rings is 1. The van der Waals surface area contributed by atoms with Gasteiger partial charge in [0.05, 0.1) is 0 Å². The first-order valence-electron chi connectivity index (χ1n) is 4.26. The summed E-state index contributed by atoms with van der Waals surface area (Å²) in [5.41, 5.74) is 2.30. The quantitative estimate of drug-likeness (QED) is 0.547. The summed E-state index contributed by atoms with van der Waals surface area (Å²) in [7, 11) is 0. The normalized spacial score (nSPS) is 10.6.